The van der Waals surface area contributed by atoms with Gasteiger partial charge in [0.05, 0.1) is 0 Å². The molecule has 12 aromatic rings. The molecule has 2 nitrogen and oxygen atoms in total. The van der Waals surface area contributed by atoms with E-state index in [2.05, 4.69) is 284 Å². The van der Waals surface area contributed by atoms with Crippen LogP contribution in [0.25, 0.3) is 121 Å². The van der Waals surface area contributed by atoms with Gasteiger partial charge in [0.2, 0.25) is 0 Å². The Morgan fingerprint density at radius 1 is 0.237 bits per heavy atom. The molecule has 12 aromatic carbocycles. The minimum atomic E-state index is -0.206. The van der Waals surface area contributed by atoms with Gasteiger partial charge in [-0.15, -0.1) is 0 Å². The van der Waals surface area contributed by atoms with Crippen molar-refractivity contribution in [3.8, 4) is 77.9 Å². The summed E-state index contributed by atoms with van der Waals surface area (Å²) in [6.45, 7) is 9.68. The van der Waals surface area contributed by atoms with E-state index >= 15 is 0 Å². The van der Waals surface area contributed by atoms with E-state index in [9.17, 15) is 0 Å². The summed E-state index contributed by atoms with van der Waals surface area (Å²) in [6.07, 6.45) is 0. The lowest BCUT2D eigenvalue weighted by Crippen LogP contribution is -2.15. The molecular weight excluding hydrogens is 917 g/mol. The van der Waals surface area contributed by atoms with Crippen molar-refractivity contribution in [2.45, 2.75) is 38.5 Å². The van der Waals surface area contributed by atoms with Crippen LogP contribution in [0.2, 0.25) is 0 Å². The number of nitrogens with zero attached hydrogens (tertiary/aromatic N) is 2. The average molecular weight is 977 g/mol. The van der Waals surface area contributed by atoms with Gasteiger partial charge in [-0.25, -0.2) is 0 Å². The Labute approximate surface area is 447 Å². The molecule has 0 heterocycles. The second-order valence-electron chi connectivity index (χ2n) is 22.9. The first-order valence-electron chi connectivity index (χ1n) is 26.9. The standard InChI is InChI=1S/C74H60N2/c1-73(2)65-41-47(29-37-53(65)55-39-31-49(43-67(55)73)71-61-21-13-9-17-57(61)69(58-18-10-14-22-62(58)71)45-25-33-51(34-26-45)75(5)6)48-30-38-54-56-40-32-50(44-68(56)74(3,4)66(54)42-48)72-63-23-15-11-19-59(63)70(60-20-12-16-24-64(60)72)46-27-35-52(36-28-46)76(7)8/h9-44H,1-8H3. The fourth-order valence-electron chi connectivity index (χ4n) is 13.5. The lowest BCUT2D eigenvalue weighted by Gasteiger charge is -2.24. The molecule has 2 aliphatic carbocycles. The monoisotopic (exact) mass is 976 g/mol. The van der Waals surface area contributed by atoms with Gasteiger partial charge in [-0.2, -0.15) is 0 Å². The van der Waals surface area contributed by atoms with Crippen LogP contribution in [0, 0.1) is 0 Å². The van der Waals surface area contributed by atoms with Gasteiger partial charge in [-0.05, 0) is 192 Å². The van der Waals surface area contributed by atoms with Gasteiger partial charge in [0.25, 0.3) is 0 Å². The molecule has 14 rings (SSSR count). The third kappa shape index (κ3) is 6.79. The van der Waals surface area contributed by atoms with Crippen LogP contribution in [0.1, 0.15) is 49.9 Å². The molecule has 0 aliphatic heterocycles. The topological polar surface area (TPSA) is 6.48 Å². The Balaban J connectivity index is 0.823. The predicted molar refractivity (Wildman–Crippen MR) is 327 cm³/mol. The third-order valence-electron chi connectivity index (χ3n) is 17.5. The fraction of sp³-hybridized carbons (Fsp3) is 0.135. The van der Waals surface area contributed by atoms with Crippen LogP contribution >= 0.6 is 0 Å². The predicted octanol–water partition coefficient (Wildman–Crippen LogP) is 19.4. The van der Waals surface area contributed by atoms with Crippen molar-refractivity contribution in [3.05, 3.63) is 241 Å². The first-order chi connectivity index (χ1) is 36.9. The van der Waals surface area contributed by atoms with Crippen LogP contribution in [-0.2, 0) is 10.8 Å². The molecule has 2 aliphatic rings. The maximum absolute atomic E-state index is 2.50. The van der Waals surface area contributed by atoms with Crippen molar-refractivity contribution in [2.75, 3.05) is 38.0 Å². The SMILES string of the molecule is CN(C)c1ccc(-c2c3ccccc3c(-c3ccc4c(c3)C(C)(C)c3cc(-c5ccc6c(c5)C(C)(C)c5cc(-c7c8ccccc8c(-c8ccc(N(C)C)cc8)c8ccccc78)ccc5-6)ccc3-4)c3ccccc23)cc1. The Morgan fingerprint density at radius 2 is 0.447 bits per heavy atom. The van der Waals surface area contributed by atoms with Gasteiger partial charge in [-0.1, -0.05) is 198 Å². The zero-order chi connectivity index (χ0) is 51.8. The van der Waals surface area contributed by atoms with Gasteiger partial charge in [0.15, 0.2) is 0 Å². The van der Waals surface area contributed by atoms with E-state index in [0.29, 0.717) is 0 Å². The summed E-state index contributed by atoms with van der Waals surface area (Å²) in [5.74, 6) is 0. The lowest BCUT2D eigenvalue weighted by atomic mass is 9.79. The zero-order valence-electron chi connectivity index (χ0n) is 44.7. The van der Waals surface area contributed by atoms with Crippen molar-refractivity contribution < 1.29 is 0 Å². The van der Waals surface area contributed by atoms with Crippen LogP contribution in [-0.4, -0.2) is 28.2 Å². The van der Waals surface area contributed by atoms with E-state index in [1.54, 1.807) is 0 Å². The van der Waals surface area contributed by atoms with Gasteiger partial charge in [-0.3, -0.25) is 0 Å². The number of hydrogen-bond acceptors (Lipinski definition) is 2. The first kappa shape index (κ1) is 45.9. The molecule has 366 valence electrons. The van der Waals surface area contributed by atoms with Crippen molar-refractivity contribution in [3.63, 3.8) is 0 Å². The second kappa shape index (κ2) is 16.9. The lowest BCUT2D eigenvalue weighted by molar-refractivity contribution is 0.660. The molecule has 0 spiro atoms. The van der Waals surface area contributed by atoms with E-state index in [1.165, 1.54) is 155 Å². The number of benzene rings is 12. The van der Waals surface area contributed by atoms with Gasteiger partial charge < -0.3 is 9.80 Å². The number of rotatable bonds is 7. The van der Waals surface area contributed by atoms with Gasteiger partial charge in [0, 0.05) is 50.4 Å². The zero-order valence-corrected chi connectivity index (χ0v) is 44.7. The van der Waals surface area contributed by atoms with Crippen LogP contribution in [0.3, 0.4) is 0 Å². The van der Waals surface area contributed by atoms with E-state index in [0.717, 1.165) is 0 Å². The molecule has 2 heteroatoms. The Hall–Kier alpha value is -8.72. The van der Waals surface area contributed by atoms with Crippen LogP contribution < -0.4 is 9.80 Å². The first-order valence-corrected chi connectivity index (χ1v) is 26.9. The van der Waals surface area contributed by atoms with Gasteiger partial charge in [0.1, 0.15) is 0 Å². The van der Waals surface area contributed by atoms with E-state index in [4.69, 9.17) is 0 Å². The maximum atomic E-state index is 2.50. The molecule has 0 saturated heterocycles. The molecule has 0 saturated carbocycles. The van der Waals surface area contributed by atoms with E-state index < -0.39 is 0 Å². The van der Waals surface area contributed by atoms with Crippen molar-refractivity contribution in [2.24, 2.45) is 0 Å². The van der Waals surface area contributed by atoms with Crippen LogP contribution in [0.5, 0.6) is 0 Å². The summed E-state index contributed by atoms with van der Waals surface area (Å²) in [4.78, 5) is 4.32. The summed E-state index contributed by atoms with van der Waals surface area (Å²) in [5, 5.41) is 10.2. The Morgan fingerprint density at radius 3 is 0.697 bits per heavy atom. The minimum absolute atomic E-state index is 0.206. The van der Waals surface area contributed by atoms with Gasteiger partial charge >= 0.3 is 0 Å². The summed E-state index contributed by atoms with van der Waals surface area (Å²) in [5.41, 5.74) is 25.5. The number of anilines is 2. The Bertz CT molecular complexity index is 3980. The Kier molecular flexibility index (Phi) is 10.2. The highest BCUT2D eigenvalue weighted by atomic mass is 15.1. The largest absolute Gasteiger partial charge is 0.378 e. The summed E-state index contributed by atoms with van der Waals surface area (Å²) in [6, 6.07) is 83.0. The highest BCUT2D eigenvalue weighted by Gasteiger charge is 2.38. The summed E-state index contributed by atoms with van der Waals surface area (Å²) >= 11 is 0. The summed E-state index contributed by atoms with van der Waals surface area (Å²) < 4.78 is 0. The molecule has 0 radical (unpaired) electrons. The molecule has 0 amide bonds. The average Bonchev–Trinajstić information content (AvgIpc) is 3.86. The maximum Gasteiger partial charge on any atom is 0.0361 e. The number of hydrogen-bond donors (Lipinski definition) is 0. The molecular formula is C74H60N2. The molecule has 0 N–H and O–H groups in total. The minimum Gasteiger partial charge on any atom is -0.378 e. The number of fused-ring (bicyclic) bond motifs is 10. The second-order valence-corrected chi connectivity index (χ2v) is 22.9. The molecule has 0 atom stereocenters. The molecule has 76 heavy (non-hydrogen) atoms. The molecule has 0 aromatic heterocycles. The van der Waals surface area contributed by atoms with Crippen molar-refractivity contribution in [1.82, 2.24) is 0 Å². The molecule has 0 bridgehead atoms. The molecule has 0 fully saturated rings. The highest BCUT2D eigenvalue weighted by Crippen LogP contribution is 2.55. The highest BCUT2D eigenvalue weighted by molar-refractivity contribution is 6.23. The summed E-state index contributed by atoms with van der Waals surface area (Å²) in [7, 11) is 8.40. The van der Waals surface area contributed by atoms with E-state index in [-0.39, 0.29) is 10.8 Å². The quantitative estimate of drug-likeness (QED) is 0.147. The third-order valence-corrected chi connectivity index (χ3v) is 17.5. The molecule has 0 unspecified atom stereocenters. The van der Waals surface area contributed by atoms with Crippen molar-refractivity contribution in [1.29, 1.82) is 0 Å². The smallest absolute Gasteiger partial charge is 0.0361 e. The fourth-order valence-corrected chi connectivity index (χ4v) is 13.5. The van der Waals surface area contributed by atoms with Crippen molar-refractivity contribution >= 4 is 54.5 Å². The van der Waals surface area contributed by atoms with Crippen LogP contribution in [0.15, 0.2) is 218 Å². The van der Waals surface area contributed by atoms with Crippen LogP contribution in [0.4, 0.5) is 11.4 Å². The van der Waals surface area contributed by atoms with E-state index in [1.807, 2.05) is 0 Å². The normalized spacial score (nSPS) is 13.7.